The lowest BCUT2D eigenvalue weighted by Crippen LogP contribution is -2.50. The molecule has 17 heavy (non-hydrogen) atoms. The van der Waals surface area contributed by atoms with Gasteiger partial charge in [0.15, 0.2) is 5.79 Å². The van der Waals surface area contributed by atoms with Gasteiger partial charge in [0.2, 0.25) is 0 Å². The Morgan fingerprint density at radius 3 is 2.47 bits per heavy atom. The monoisotopic (exact) mass is 293 g/mol. The highest BCUT2D eigenvalue weighted by molar-refractivity contribution is 9.10. The summed E-state index contributed by atoms with van der Waals surface area (Å²) >= 11 is 4.05. The van der Waals surface area contributed by atoms with E-state index in [1.165, 1.54) is 0 Å². The fourth-order valence-corrected chi connectivity index (χ4v) is 8.89. The summed E-state index contributed by atoms with van der Waals surface area (Å²) in [6, 6.07) is 2.44. The second-order valence-corrected chi connectivity index (χ2v) is 8.05. The molecule has 7 rings (SSSR count). The highest BCUT2D eigenvalue weighted by atomic mass is 79.9. The lowest BCUT2D eigenvalue weighted by atomic mass is 9.92. The van der Waals surface area contributed by atoms with Gasteiger partial charge >= 0.3 is 0 Å². The van der Waals surface area contributed by atoms with E-state index in [-0.39, 0.29) is 10.1 Å². The smallest absolute Gasteiger partial charge is 0.187 e. The van der Waals surface area contributed by atoms with Crippen LogP contribution in [0.25, 0.3) is 0 Å². The molecular weight excluding hydrogens is 282 g/mol. The van der Waals surface area contributed by atoms with Crippen LogP contribution >= 0.6 is 15.9 Å². The average Bonchev–Trinajstić information content (AvgIpc) is 2.99. The minimum Gasteiger partial charge on any atom is -0.346 e. The number of nitriles is 1. The SMILES string of the molecule is N#CC[C@]12[C@@H]3[C@@H]4[C@H]5[C@@H]1[C@H]2[C@@](Br)([C@@H]43)C51OCCO1. The Morgan fingerprint density at radius 2 is 1.94 bits per heavy atom. The molecule has 0 unspecified atom stereocenters. The summed E-state index contributed by atoms with van der Waals surface area (Å²) in [6.45, 7) is 1.50. The lowest BCUT2D eigenvalue weighted by molar-refractivity contribution is -0.192. The third-order valence-electron chi connectivity index (χ3n) is 6.96. The van der Waals surface area contributed by atoms with Crippen molar-refractivity contribution >= 4 is 15.9 Å². The van der Waals surface area contributed by atoms with Gasteiger partial charge < -0.3 is 9.47 Å². The van der Waals surface area contributed by atoms with E-state index in [4.69, 9.17) is 14.7 Å². The summed E-state index contributed by atoms with van der Waals surface area (Å²) in [4.78, 5) is 0. The van der Waals surface area contributed by atoms with Crippen molar-refractivity contribution in [1.82, 2.24) is 0 Å². The maximum absolute atomic E-state index is 9.11. The molecule has 3 nitrogen and oxygen atoms in total. The van der Waals surface area contributed by atoms with E-state index in [1.807, 2.05) is 0 Å². The summed E-state index contributed by atoms with van der Waals surface area (Å²) in [5, 5.41) is 9.11. The molecule has 6 aliphatic carbocycles. The molecule has 1 heterocycles. The minimum absolute atomic E-state index is 0.0675. The number of ether oxygens (including phenoxy) is 2. The van der Waals surface area contributed by atoms with Crippen LogP contribution in [0.15, 0.2) is 0 Å². The Kier molecular flexibility index (Phi) is 1.05. The molecule has 8 atom stereocenters. The number of rotatable bonds is 1. The van der Waals surface area contributed by atoms with Gasteiger partial charge in [-0.15, -0.1) is 0 Å². The van der Waals surface area contributed by atoms with E-state index >= 15 is 0 Å². The van der Waals surface area contributed by atoms with E-state index in [2.05, 4.69) is 22.0 Å². The number of halogens is 1. The molecule has 88 valence electrons. The van der Waals surface area contributed by atoms with Crippen molar-refractivity contribution in [3.8, 4) is 6.07 Å². The molecule has 0 radical (unpaired) electrons. The topological polar surface area (TPSA) is 42.2 Å². The Labute approximate surface area is 108 Å². The Bertz CT molecular complexity index is 524. The molecule has 0 aromatic heterocycles. The van der Waals surface area contributed by atoms with Crippen molar-refractivity contribution in [1.29, 1.82) is 5.26 Å². The maximum Gasteiger partial charge on any atom is 0.187 e. The first kappa shape index (κ1) is 8.90. The molecule has 7 aliphatic rings. The zero-order chi connectivity index (χ0) is 11.2. The highest BCUT2D eigenvalue weighted by Gasteiger charge is 3.08. The quantitative estimate of drug-likeness (QED) is 0.689. The summed E-state index contributed by atoms with van der Waals surface area (Å²) in [6.07, 6.45) is 0.764. The molecule has 0 aromatic rings. The largest absolute Gasteiger partial charge is 0.346 e. The van der Waals surface area contributed by atoms with Crippen LogP contribution in [-0.4, -0.2) is 23.3 Å². The van der Waals surface area contributed by atoms with E-state index in [1.54, 1.807) is 0 Å². The van der Waals surface area contributed by atoms with Gasteiger partial charge in [0.05, 0.1) is 23.6 Å². The summed E-state index contributed by atoms with van der Waals surface area (Å²) in [7, 11) is 0. The van der Waals surface area contributed by atoms with Crippen LogP contribution < -0.4 is 0 Å². The van der Waals surface area contributed by atoms with Gasteiger partial charge in [-0.05, 0) is 35.0 Å². The van der Waals surface area contributed by atoms with Crippen LogP contribution in [0, 0.1) is 52.3 Å². The molecular formula is C13H12BrNO2. The molecule has 1 saturated heterocycles. The van der Waals surface area contributed by atoms with Crippen molar-refractivity contribution in [3.05, 3.63) is 0 Å². The number of nitrogens with zero attached hydrogens (tertiary/aromatic N) is 1. The van der Waals surface area contributed by atoms with E-state index in [0.29, 0.717) is 17.3 Å². The van der Waals surface area contributed by atoms with Crippen LogP contribution in [0.3, 0.4) is 0 Å². The Balaban J connectivity index is 1.59. The Hall–Kier alpha value is -0.110. The molecule has 0 amide bonds. The van der Waals surface area contributed by atoms with Gasteiger partial charge in [-0.3, -0.25) is 0 Å². The highest BCUT2D eigenvalue weighted by Crippen LogP contribution is 3.05. The van der Waals surface area contributed by atoms with Crippen LogP contribution in [0.1, 0.15) is 6.42 Å². The van der Waals surface area contributed by atoms with E-state index in [0.717, 1.165) is 43.3 Å². The van der Waals surface area contributed by atoms with Gasteiger partial charge in [-0.1, -0.05) is 15.9 Å². The molecule has 0 aromatic carbocycles. The standard InChI is InChI=1S/C13H12BrNO2/c14-12-7-5-6(7)11(1-2-15)9(10(11)12)8(5)13(12)16-3-4-17-13/h5-10H,1,3-4H2/t5-,6+,7-,8-,9+,10+,11-,12-/m0/s1. The third-order valence-corrected chi connectivity index (χ3v) is 8.53. The lowest BCUT2D eigenvalue weighted by Gasteiger charge is -2.37. The van der Waals surface area contributed by atoms with Gasteiger partial charge in [0.1, 0.15) is 0 Å². The van der Waals surface area contributed by atoms with Crippen LogP contribution in [-0.2, 0) is 9.47 Å². The van der Waals surface area contributed by atoms with Gasteiger partial charge in [0, 0.05) is 12.3 Å². The molecule has 6 saturated carbocycles. The molecule has 2 bridgehead atoms. The molecule has 0 N–H and O–H groups in total. The van der Waals surface area contributed by atoms with Crippen molar-refractivity contribution in [2.75, 3.05) is 13.2 Å². The van der Waals surface area contributed by atoms with Gasteiger partial charge in [0.25, 0.3) is 0 Å². The van der Waals surface area contributed by atoms with Gasteiger partial charge in [-0.2, -0.15) is 5.26 Å². The average molecular weight is 294 g/mol. The normalized spacial score (nSPS) is 73.2. The van der Waals surface area contributed by atoms with Crippen molar-refractivity contribution in [2.24, 2.45) is 40.9 Å². The first-order valence-corrected chi connectivity index (χ1v) is 7.38. The summed E-state index contributed by atoms with van der Waals surface area (Å²) < 4.78 is 12.2. The number of alkyl halides is 1. The van der Waals surface area contributed by atoms with E-state index < -0.39 is 0 Å². The zero-order valence-electron chi connectivity index (χ0n) is 9.23. The van der Waals surface area contributed by atoms with Gasteiger partial charge in [-0.25, -0.2) is 0 Å². The van der Waals surface area contributed by atoms with Crippen molar-refractivity contribution in [3.63, 3.8) is 0 Å². The predicted octanol–water partition coefficient (Wildman–Crippen LogP) is 1.53. The fourth-order valence-electron chi connectivity index (χ4n) is 7.09. The summed E-state index contributed by atoms with van der Waals surface area (Å²) in [5.74, 6) is 4.05. The van der Waals surface area contributed by atoms with E-state index in [9.17, 15) is 0 Å². The first-order valence-electron chi connectivity index (χ1n) is 6.59. The second kappa shape index (κ2) is 2.01. The first-order chi connectivity index (χ1) is 8.25. The minimum atomic E-state index is -0.302. The molecule has 4 heteroatoms. The van der Waals surface area contributed by atoms with Crippen molar-refractivity contribution < 1.29 is 9.47 Å². The molecule has 7 fully saturated rings. The maximum atomic E-state index is 9.11. The molecule has 1 aliphatic heterocycles. The van der Waals surface area contributed by atoms with Crippen LogP contribution in [0.5, 0.6) is 0 Å². The van der Waals surface area contributed by atoms with Crippen LogP contribution in [0.2, 0.25) is 0 Å². The van der Waals surface area contributed by atoms with Crippen molar-refractivity contribution in [2.45, 2.75) is 16.5 Å². The number of hydrogen-bond donors (Lipinski definition) is 0. The van der Waals surface area contributed by atoms with Crippen LogP contribution in [0.4, 0.5) is 0 Å². The summed E-state index contributed by atoms with van der Waals surface area (Å²) in [5.41, 5.74) is 0.374. The third kappa shape index (κ3) is 0.505. The zero-order valence-corrected chi connectivity index (χ0v) is 10.8. The molecule has 1 spiro atoms. The number of hydrogen-bond acceptors (Lipinski definition) is 3. The fraction of sp³-hybridized carbons (Fsp3) is 0.923. The second-order valence-electron chi connectivity index (χ2n) is 6.74. The Morgan fingerprint density at radius 1 is 1.18 bits per heavy atom. The predicted molar refractivity (Wildman–Crippen MR) is 59.9 cm³/mol.